The molecule has 0 saturated carbocycles. The van der Waals surface area contributed by atoms with Gasteiger partial charge in [-0.1, -0.05) is 55.7 Å². The zero-order chi connectivity index (χ0) is 20.6. The summed E-state index contributed by atoms with van der Waals surface area (Å²) < 4.78 is 4.60. The first-order valence-corrected chi connectivity index (χ1v) is 9.09. The molecule has 1 aliphatic carbocycles. The number of methoxy groups -OCH3 is 1. The van der Waals surface area contributed by atoms with E-state index in [1.165, 1.54) is 13.2 Å². The van der Waals surface area contributed by atoms with E-state index in [-0.39, 0.29) is 23.1 Å². The highest BCUT2D eigenvalue weighted by Gasteiger charge is 2.36. The standard InChI is InChI=1S/C24H30O3/c1-8-10-20-16-24(5,6)21(19(4)23(20)26)14-13-17(2)11-9-12-18(3)15-22(25)27-7/h9,11-15,20H,16H2,1-7H3/b12-9+,14-13+,17-11+,18-15+. The molecule has 0 radical (unpaired) electrons. The van der Waals surface area contributed by atoms with Gasteiger partial charge in [0.05, 0.1) is 13.0 Å². The lowest BCUT2D eigenvalue weighted by Crippen LogP contribution is -2.31. The topological polar surface area (TPSA) is 43.4 Å². The van der Waals surface area contributed by atoms with Crippen LogP contribution in [0.15, 0.2) is 58.7 Å². The summed E-state index contributed by atoms with van der Waals surface area (Å²) in [7, 11) is 1.36. The molecule has 0 aromatic carbocycles. The second-order valence-electron chi connectivity index (χ2n) is 7.45. The van der Waals surface area contributed by atoms with Crippen molar-refractivity contribution in [3.05, 3.63) is 58.7 Å². The maximum atomic E-state index is 12.6. The summed E-state index contributed by atoms with van der Waals surface area (Å²) in [6.45, 7) is 11.8. The third-order valence-electron chi connectivity index (χ3n) is 4.63. The van der Waals surface area contributed by atoms with Crippen LogP contribution in [0.3, 0.4) is 0 Å². The molecule has 1 rings (SSSR count). The number of ketones is 1. The van der Waals surface area contributed by atoms with Crippen molar-refractivity contribution in [3.63, 3.8) is 0 Å². The van der Waals surface area contributed by atoms with Crippen LogP contribution in [0.1, 0.15) is 48.0 Å². The number of ether oxygens (including phenoxy) is 1. The minimum atomic E-state index is -0.365. The zero-order valence-corrected chi connectivity index (χ0v) is 17.5. The third-order valence-corrected chi connectivity index (χ3v) is 4.63. The van der Waals surface area contributed by atoms with Crippen molar-refractivity contribution in [1.29, 1.82) is 0 Å². The van der Waals surface area contributed by atoms with Gasteiger partial charge in [0.15, 0.2) is 5.78 Å². The average molecular weight is 367 g/mol. The summed E-state index contributed by atoms with van der Waals surface area (Å²) in [4.78, 5) is 23.7. The van der Waals surface area contributed by atoms with Gasteiger partial charge in [-0.15, -0.1) is 5.92 Å². The van der Waals surface area contributed by atoms with E-state index >= 15 is 0 Å². The molecule has 0 heterocycles. The van der Waals surface area contributed by atoms with Gasteiger partial charge in [-0.05, 0) is 56.3 Å². The van der Waals surface area contributed by atoms with Crippen LogP contribution in [0, 0.1) is 23.2 Å². The van der Waals surface area contributed by atoms with Crippen molar-refractivity contribution in [3.8, 4) is 11.8 Å². The van der Waals surface area contributed by atoms with E-state index in [1.54, 1.807) is 6.92 Å². The van der Waals surface area contributed by atoms with E-state index in [1.807, 2.05) is 51.2 Å². The van der Waals surface area contributed by atoms with Crippen molar-refractivity contribution in [2.45, 2.75) is 48.0 Å². The zero-order valence-electron chi connectivity index (χ0n) is 17.5. The molecular weight excluding hydrogens is 336 g/mol. The number of carbonyl (C=O) groups excluding carboxylic acids is 2. The van der Waals surface area contributed by atoms with Crippen LogP contribution in [0.4, 0.5) is 0 Å². The largest absolute Gasteiger partial charge is 0.466 e. The Morgan fingerprint density at radius 2 is 1.89 bits per heavy atom. The number of allylic oxidation sites excluding steroid dienone is 9. The highest BCUT2D eigenvalue weighted by molar-refractivity contribution is 6.00. The maximum Gasteiger partial charge on any atom is 0.330 e. The minimum absolute atomic E-state index is 0.0982. The molecule has 1 aliphatic rings. The van der Waals surface area contributed by atoms with Gasteiger partial charge in [-0.25, -0.2) is 4.79 Å². The van der Waals surface area contributed by atoms with Gasteiger partial charge in [-0.2, -0.15) is 0 Å². The summed E-state index contributed by atoms with van der Waals surface area (Å²) in [5.74, 6) is 5.49. The molecule has 0 N–H and O–H groups in total. The normalized spacial score (nSPS) is 20.9. The first-order valence-electron chi connectivity index (χ1n) is 9.09. The van der Waals surface area contributed by atoms with Gasteiger partial charge in [0.1, 0.15) is 0 Å². The SMILES string of the molecule is CC#CC1CC(C)(C)C(/C=C/C(C)=C/C=C/C(C)=C/C(=O)OC)=C(C)C1=O. The lowest BCUT2D eigenvalue weighted by molar-refractivity contribution is -0.134. The molecule has 1 atom stereocenters. The number of hydrogen-bond acceptors (Lipinski definition) is 3. The van der Waals surface area contributed by atoms with E-state index in [0.717, 1.165) is 28.7 Å². The van der Waals surface area contributed by atoms with Crippen LogP contribution >= 0.6 is 0 Å². The second kappa shape index (κ2) is 9.92. The van der Waals surface area contributed by atoms with Crippen molar-refractivity contribution >= 4 is 11.8 Å². The summed E-state index contributed by atoms with van der Waals surface area (Å²) in [6.07, 6.45) is 11.9. The Morgan fingerprint density at radius 3 is 2.48 bits per heavy atom. The molecule has 0 bridgehead atoms. The lowest BCUT2D eigenvalue weighted by atomic mass is 9.68. The van der Waals surface area contributed by atoms with Crippen LogP contribution in [0.25, 0.3) is 0 Å². The predicted octanol–water partition coefficient (Wildman–Crippen LogP) is 5.12. The van der Waals surface area contributed by atoms with Crippen LogP contribution < -0.4 is 0 Å². The van der Waals surface area contributed by atoms with E-state index in [4.69, 9.17) is 0 Å². The Morgan fingerprint density at radius 1 is 1.22 bits per heavy atom. The molecule has 3 nitrogen and oxygen atoms in total. The lowest BCUT2D eigenvalue weighted by Gasteiger charge is -2.35. The van der Waals surface area contributed by atoms with Gasteiger partial charge in [-0.3, -0.25) is 4.79 Å². The third kappa shape index (κ3) is 6.57. The molecule has 3 heteroatoms. The fourth-order valence-electron chi connectivity index (χ4n) is 3.17. The number of rotatable bonds is 5. The molecule has 0 fully saturated rings. The highest BCUT2D eigenvalue weighted by atomic mass is 16.5. The van der Waals surface area contributed by atoms with Gasteiger partial charge in [0.25, 0.3) is 0 Å². The highest BCUT2D eigenvalue weighted by Crippen LogP contribution is 2.42. The van der Waals surface area contributed by atoms with Crippen molar-refractivity contribution in [2.75, 3.05) is 7.11 Å². The Bertz CT molecular complexity index is 802. The molecule has 144 valence electrons. The Hall–Kier alpha value is -2.60. The van der Waals surface area contributed by atoms with Crippen LogP contribution in [0.2, 0.25) is 0 Å². The summed E-state index contributed by atoms with van der Waals surface area (Å²) in [5.41, 5.74) is 3.64. The number of hydrogen-bond donors (Lipinski definition) is 0. The Balaban J connectivity index is 2.99. The maximum absolute atomic E-state index is 12.6. The molecule has 0 spiro atoms. The smallest absolute Gasteiger partial charge is 0.330 e. The average Bonchev–Trinajstić information content (AvgIpc) is 2.59. The number of Topliss-reactive ketones (excluding diaryl/α,β-unsaturated/α-hetero) is 1. The Kier molecular flexibility index (Phi) is 8.25. The number of carbonyl (C=O) groups is 2. The molecule has 0 saturated heterocycles. The van der Waals surface area contributed by atoms with Gasteiger partial charge in [0.2, 0.25) is 0 Å². The molecule has 1 unspecified atom stereocenters. The summed E-state index contributed by atoms with van der Waals surface area (Å²) >= 11 is 0. The molecule has 0 aliphatic heterocycles. The molecule has 0 aromatic heterocycles. The van der Waals surface area contributed by atoms with E-state index in [2.05, 4.69) is 30.4 Å². The molecule has 0 amide bonds. The van der Waals surface area contributed by atoms with Crippen molar-refractivity contribution < 1.29 is 14.3 Å². The van der Waals surface area contributed by atoms with Crippen LogP contribution in [-0.2, 0) is 14.3 Å². The van der Waals surface area contributed by atoms with E-state index in [9.17, 15) is 9.59 Å². The summed E-state index contributed by atoms with van der Waals surface area (Å²) in [5, 5.41) is 0. The summed E-state index contributed by atoms with van der Waals surface area (Å²) in [6, 6.07) is 0. The fraction of sp³-hybridized carbons (Fsp3) is 0.417. The van der Waals surface area contributed by atoms with Crippen LogP contribution in [-0.4, -0.2) is 18.9 Å². The fourth-order valence-corrected chi connectivity index (χ4v) is 3.17. The monoisotopic (exact) mass is 366 g/mol. The van der Waals surface area contributed by atoms with Gasteiger partial charge < -0.3 is 4.74 Å². The van der Waals surface area contributed by atoms with Gasteiger partial charge >= 0.3 is 5.97 Å². The first kappa shape index (κ1) is 22.4. The van der Waals surface area contributed by atoms with Crippen LogP contribution in [0.5, 0.6) is 0 Å². The molecule has 27 heavy (non-hydrogen) atoms. The second-order valence-corrected chi connectivity index (χ2v) is 7.45. The molecular formula is C24H30O3. The Labute approximate surface area is 163 Å². The first-order chi connectivity index (χ1) is 12.6. The van der Waals surface area contributed by atoms with Gasteiger partial charge in [0, 0.05) is 6.08 Å². The van der Waals surface area contributed by atoms with E-state index < -0.39 is 0 Å². The predicted molar refractivity (Wildman–Crippen MR) is 111 cm³/mol. The van der Waals surface area contributed by atoms with Crippen molar-refractivity contribution in [2.24, 2.45) is 11.3 Å². The molecule has 0 aromatic rings. The number of esters is 1. The minimum Gasteiger partial charge on any atom is -0.466 e. The quantitative estimate of drug-likeness (QED) is 0.294. The van der Waals surface area contributed by atoms with E-state index in [0.29, 0.717) is 0 Å². The van der Waals surface area contributed by atoms with Crippen molar-refractivity contribution in [1.82, 2.24) is 0 Å².